The number of carboxylic acids is 1. The molecule has 14 heteroatoms. The van der Waals surface area contributed by atoms with Gasteiger partial charge in [-0.1, -0.05) is 23.8 Å². The number of rotatable bonds is 5. The van der Waals surface area contributed by atoms with Crippen LogP contribution in [0.15, 0.2) is 53.6 Å². The standard InChI is InChI=1S/C19H22N2O5S2.C2HF3O2/c1-15-5-7-17(8-6-15)28(24,25)21-13-19(14-21)16(9-11-27(19,22)23)12-26-18-4-2-3-10-20-18;3-2(4,5)1(6)7/h2-8,10,16H,9,11-14H2,1H3;(H,6,7). The summed E-state index contributed by atoms with van der Waals surface area (Å²) in [6, 6.07) is 11.9. The van der Waals surface area contributed by atoms with Crippen LogP contribution in [0.1, 0.15) is 12.0 Å². The Labute approximate surface area is 200 Å². The Hall–Kier alpha value is -2.71. The molecule has 2 aliphatic heterocycles. The van der Waals surface area contributed by atoms with E-state index >= 15 is 0 Å². The molecule has 2 aliphatic rings. The molecule has 1 unspecified atom stereocenters. The summed E-state index contributed by atoms with van der Waals surface area (Å²) in [6.45, 7) is 2.03. The van der Waals surface area contributed by atoms with Crippen LogP contribution in [0.2, 0.25) is 0 Å². The number of pyridine rings is 1. The van der Waals surface area contributed by atoms with Gasteiger partial charge in [-0.2, -0.15) is 17.5 Å². The van der Waals surface area contributed by atoms with Gasteiger partial charge in [-0.3, -0.25) is 0 Å². The first kappa shape index (κ1) is 26.9. The third kappa shape index (κ3) is 5.59. The van der Waals surface area contributed by atoms with Crippen LogP contribution in [0, 0.1) is 12.8 Å². The fraction of sp³-hybridized carbons (Fsp3) is 0.429. The van der Waals surface area contributed by atoms with Crippen LogP contribution >= 0.6 is 0 Å². The Morgan fingerprint density at radius 2 is 1.80 bits per heavy atom. The highest BCUT2D eigenvalue weighted by Gasteiger charge is 2.64. The fourth-order valence-electron chi connectivity index (χ4n) is 3.91. The minimum Gasteiger partial charge on any atom is -0.477 e. The van der Waals surface area contributed by atoms with E-state index in [2.05, 4.69) is 4.98 Å². The molecule has 1 spiro atoms. The average Bonchev–Trinajstić information content (AvgIpc) is 3.02. The highest BCUT2D eigenvalue weighted by atomic mass is 32.2. The molecule has 35 heavy (non-hydrogen) atoms. The van der Waals surface area contributed by atoms with Crippen molar-refractivity contribution in [2.24, 2.45) is 5.92 Å². The maximum absolute atomic E-state index is 12.9. The number of aliphatic carboxylic acids is 1. The van der Waals surface area contributed by atoms with Gasteiger partial charge in [0.2, 0.25) is 15.9 Å². The summed E-state index contributed by atoms with van der Waals surface area (Å²) in [5, 5.41) is 7.12. The quantitative estimate of drug-likeness (QED) is 0.616. The van der Waals surface area contributed by atoms with Crippen LogP contribution in [-0.4, -0.2) is 73.6 Å². The number of sulfone groups is 1. The molecule has 4 rings (SSSR count). The fourth-order valence-corrected chi connectivity index (χ4v) is 8.05. The van der Waals surface area contributed by atoms with Crippen LogP contribution in [0.25, 0.3) is 0 Å². The molecule has 2 saturated heterocycles. The number of carbonyl (C=O) groups is 1. The number of ether oxygens (including phenoxy) is 1. The highest BCUT2D eigenvalue weighted by Crippen LogP contribution is 2.46. The Balaban J connectivity index is 0.000000429. The number of hydrogen-bond acceptors (Lipinski definition) is 7. The van der Waals surface area contributed by atoms with Crippen molar-refractivity contribution in [3.8, 4) is 5.88 Å². The molecule has 0 aliphatic carbocycles. The number of halogens is 3. The monoisotopic (exact) mass is 536 g/mol. The predicted molar refractivity (Wildman–Crippen MR) is 118 cm³/mol. The van der Waals surface area contributed by atoms with Gasteiger partial charge in [-0.25, -0.2) is 26.6 Å². The summed E-state index contributed by atoms with van der Waals surface area (Å²) in [5.41, 5.74) is 0.962. The molecule has 2 fully saturated rings. The molecular formula is C21H23F3N2O7S2. The summed E-state index contributed by atoms with van der Waals surface area (Å²) in [4.78, 5) is 13.2. The summed E-state index contributed by atoms with van der Waals surface area (Å²) in [7, 11) is -7.10. The zero-order chi connectivity index (χ0) is 26.1. The average molecular weight is 537 g/mol. The van der Waals surface area contributed by atoms with Crippen molar-refractivity contribution >= 4 is 25.8 Å². The number of aromatic nitrogens is 1. The van der Waals surface area contributed by atoms with Gasteiger partial charge in [0.05, 0.1) is 17.3 Å². The van der Waals surface area contributed by atoms with Crippen LogP contribution in [0.3, 0.4) is 0 Å². The van der Waals surface area contributed by atoms with Gasteiger partial charge < -0.3 is 9.84 Å². The Morgan fingerprint density at radius 3 is 2.31 bits per heavy atom. The lowest BCUT2D eigenvalue weighted by Crippen LogP contribution is -2.68. The van der Waals surface area contributed by atoms with Gasteiger partial charge >= 0.3 is 12.1 Å². The third-order valence-electron chi connectivity index (χ3n) is 5.96. The summed E-state index contributed by atoms with van der Waals surface area (Å²) >= 11 is 0. The smallest absolute Gasteiger partial charge is 0.477 e. The van der Waals surface area contributed by atoms with Crippen molar-refractivity contribution in [2.45, 2.75) is 29.2 Å². The Kier molecular flexibility index (Phi) is 7.48. The predicted octanol–water partition coefficient (Wildman–Crippen LogP) is 2.28. The van der Waals surface area contributed by atoms with Crippen molar-refractivity contribution in [1.82, 2.24) is 9.29 Å². The molecule has 1 N–H and O–H groups in total. The van der Waals surface area contributed by atoms with E-state index in [4.69, 9.17) is 14.6 Å². The van der Waals surface area contributed by atoms with Crippen LogP contribution < -0.4 is 4.74 Å². The molecular weight excluding hydrogens is 513 g/mol. The van der Waals surface area contributed by atoms with E-state index in [9.17, 15) is 30.0 Å². The summed E-state index contributed by atoms with van der Waals surface area (Å²) < 4.78 is 88.8. The number of carboxylic acid groups (broad SMARTS) is 1. The number of benzene rings is 1. The minimum absolute atomic E-state index is 0.0260. The molecule has 0 amide bonds. The van der Waals surface area contributed by atoms with E-state index in [0.717, 1.165) is 5.56 Å². The number of hydrogen-bond donors (Lipinski definition) is 1. The van der Waals surface area contributed by atoms with Gasteiger partial charge in [0, 0.05) is 31.3 Å². The molecule has 3 heterocycles. The number of sulfonamides is 1. The molecule has 192 valence electrons. The molecule has 9 nitrogen and oxygen atoms in total. The topological polar surface area (TPSA) is 131 Å². The summed E-state index contributed by atoms with van der Waals surface area (Å²) in [6.07, 6.45) is -3.01. The van der Waals surface area contributed by atoms with E-state index in [1.165, 1.54) is 4.31 Å². The molecule has 1 aromatic carbocycles. The van der Waals surface area contributed by atoms with Crippen LogP contribution in [0.5, 0.6) is 5.88 Å². The highest BCUT2D eigenvalue weighted by molar-refractivity contribution is 7.93. The number of aryl methyl sites for hydroxylation is 1. The molecule has 0 bridgehead atoms. The zero-order valence-electron chi connectivity index (χ0n) is 18.5. The van der Waals surface area contributed by atoms with Gasteiger partial charge in [-0.15, -0.1) is 0 Å². The Bertz CT molecular complexity index is 1260. The number of nitrogens with zero attached hydrogens (tertiary/aromatic N) is 2. The van der Waals surface area contributed by atoms with E-state index in [1.807, 2.05) is 6.92 Å². The first-order valence-corrected chi connectivity index (χ1v) is 13.4. The minimum atomic E-state index is -5.08. The first-order valence-electron chi connectivity index (χ1n) is 10.3. The Morgan fingerprint density at radius 1 is 1.20 bits per heavy atom. The van der Waals surface area contributed by atoms with Crippen molar-refractivity contribution in [3.63, 3.8) is 0 Å². The normalized spacial score (nSPS) is 21.0. The second-order valence-electron chi connectivity index (χ2n) is 8.24. The molecule has 0 saturated carbocycles. The van der Waals surface area contributed by atoms with Crippen molar-refractivity contribution in [1.29, 1.82) is 0 Å². The third-order valence-corrected chi connectivity index (χ3v) is 10.4. The molecule has 1 atom stereocenters. The molecule has 2 aromatic rings. The van der Waals surface area contributed by atoms with E-state index in [-0.39, 0.29) is 36.3 Å². The lowest BCUT2D eigenvalue weighted by molar-refractivity contribution is -0.192. The summed E-state index contributed by atoms with van der Waals surface area (Å²) in [5.74, 6) is -2.52. The lowest BCUT2D eigenvalue weighted by Gasteiger charge is -2.48. The van der Waals surface area contributed by atoms with E-state index < -0.39 is 36.8 Å². The van der Waals surface area contributed by atoms with Crippen LogP contribution in [0.4, 0.5) is 13.2 Å². The van der Waals surface area contributed by atoms with Gasteiger partial charge in [0.1, 0.15) is 4.75 Å². The van der Waals surface area contributed by atoms with Gasteiger partial charge in [0.15, 0.2) is 9.84 Å². The second-order valence-corrected chi connectivity index (χ2v) is 12.6. The maximum Gasteiger partial charge on any atom is 0.490 e. The van der Waals surface area contributed by atoms with E-state index in [0.29, 0.717) is 12.3 Å². The molecule has 0 radical (unpaired) electrons. The largest absolute Gasteiger partial charge is 0.490 e. The van der Waals surface area contributed by atoms with Crippen molar-refractivity contribution < 1.29 is 44.6 Å². The lowest BCUT2D eigenvalue weighted by atomic mass is 9.85. The maximum atomic E-state index is 12.9. The first-order chi connectivity index (χ1) is 16.2. The van der Waals surface area contributed by atoms with Gasteiger partial charge in [0.25, 0.3) is 0 Å². The van der Waals surface area contributed by atoms with Crippen molar-refractivity contribution in [3.05, 3.63) is 54.2 Å². The second kappa shape index (κ2) is 9.74. The van der Waals surface area contributed by atoms with Crippen molar-refractivity contribution in [2.75, 3.05) is 25.4 Å². The van der Waals surface area contributed by atoms with Gasteiger partial charge in [-0.05, 0) is 31.5 Å². The van der Waals surface area contributed by atoms with Crippen LogP contribution in [-0.2, 0) is 24.7 Å². The molecule has 1 aromatic heterocycles. The number of alkyl halides is 3. The van der Waals surface area contributed by atoms with E-state index in [1.54, 1.807) is 48.7 Å². The SMILES string of the molecule is Cc1ccc(S(=O)(=O)N2CC3(C2)C(COc2ccccn2)CCS3(=O)=O)cc1.O=C(O)C(F)(F)F. The zero-order valence-corrected chi connectivity index (χ0v) is 20.1.